The minimum absolute atomic E-state index is 0.0580. The lowest BCUT2D eigenvalue weighted by Gasteiger charge is -2.28. The number of hydrogen-bond donors (Lipinski definition) is 3. The third-order valence-electron chi connectivity index (χ3n) is 3.22. The summed E-state index contributed by atoms with van der Waals surface area (Å²) in [7, 11) is 0. The van der Waals surface area contributed by atoms with Crippen LogP contribution in [0, 0.1) is 5.92 Å². The normalized spacial score (nSPS) is 25.4. The van der Waals surface area contributed by atoms with Crippen LogP contribution in [0.4, 0.5) is 0 Å². The van der Waals surface area contributed by atoms with Crippen molar-refractivity contribution in [3.05, 3.63) is 0 Å². The molecule has 3 atom stereocenters. The molecule has 1 aliphatic heterocycles. The zero-order chi connectivity index (χ0) is 13.5. The Kier molecular flexibility index (Phi) is 6.49. The second-order valence-electron chi connectivity index (χ2n) is 4.76. The number of carbonyl (C=O) groups is 2. The minimum atomic E-state index is -0.945. The van der Waals surface area contributed by atoms with E-state index in [1.807, 2.05) is 13.2 Å². The van der Waals surface area contributed by atoms with Gasteiger partial charge in [0.25, 0.3) is 0 Å². The Bertz CT molecular complexity index is 299. The monoisotopic (exact) mass is 274 g/mol. The first-order valence-corrected chi connectivity index (χ1v) is 7.69. The van der Waals surface area contributed by atoms with Gasteiger partial charge in [0.2, 0.25) is 5.91 Å². The van der Waals surface area contributed by atoms with Crippen LogP contribution in [0.2, 0.25) is 0 Å². The molecule has 1 heterocycles. The Morgan fingerprint density at radius 1 is 1.56 bits per heavy atom. The van der Waals surface area contributed by atoms with Crippen molar-refractivity contribution in [2.45, 2.75) is 38.3 Å². The summed E-state index contributed by atoms with van der Waals surface area (Å²) in [5, 5.41) is 15.0. The summed E-state index contributed by atoms with van der Waals surface area (Å²) in [5.41, 5.74) is 0. The van der Waals surface area contributed by atoms with Crippen molar-refractivity contribution in [2.24, 2.45) is 5.92 Å². The minimum Gasteiger partial charge on any atom is -0.480 e. The van der Waals surface area contributed by atoms with Gasteiger partial charge in [0.1, 0.15) is 6.04 Å². The second-order valence-corrected chi connectivity index (χ2v) is 5.74. The molecule has 0 saturated carbocycles. The summed E-state index contributed by atoms with van der Waals surface area (Å²) in [5.74, 6) is -0.381. The van der Waals surface area contributed by atoms with Gasteiger partial charge in [-0.25, -0.2) is 4.79 Å². The second kappa shape index (κ2) is 7.63. The molecule has 3 N–H and O–H groups in total. The Balaban J connectivity index is 2.46. The van der Waals surface area contributed by atoms with E-state index in [0.29, 0.717) is 12.5 Å². The Morgan fingerprint density at radius 3 is 2.83 bits per heavy atom. The summed E-state index contributed by atoms with van der Waals surface area (Å²) in [4.78, 5) is 23.1. The average Bonchev–Trinajstić information content (AvgIpc) is 2.33. The molecule has 0 radical (unpaired) electrons. The molecule has 0 spiro atoms. The van der Waals surface area contributed by atoms with E-state index in [-0.39, 0.29) is 11.8 Å². The topological polar surface area (TPSA) is 78.4 Å². The zero-order valence-electron chi connectivity index (χ0n) is 10.9. The maximum absolute atomic E-state index is 12.0. The maximum atomic E-state index is 12.0. The number of rotatable bonds is 6. The molecule has 0 bridgehead atoms. The summed E-state index contributed by atoms with van der Waals surface area (Å²) in [6.07, 6.45) is 3.96. The third-order valence-corrected chi connectivity index (χ3v) is 3.86. The van der Waals surface area contributed by atoms with Gasteiger partial charge >= 0.3 is 5.97 Å². The summed E-state index contributed by atoms with van der Waals surface area (Å²) >= 11 is 1.59. The van der Waals surface area contributed by atoms with Crippen LogP contribution >= 0.6 is 11.8 Å². The van der Waals surface area contributed by atoms with E-state index >= 15 is 0 Å². The highest BCUT2D eigenvalue weighted by Gasteiger charge is 2.28. The molecule has 5 nitrogen and oxygen atoms in total. The molecule has 18 heavy (non-hydrogen) atoms. The number of piperidine rings is 1. The lowest BCUT2D eigenvalue weighted by molar-refractivity contribution is -0.142. The van der Waals surface area contributed by atoms with Crippen molar-refractivity contribution in [1.29, 1.82) is 0 Å². The molecule has 0 aromatic heterocycles. The van der Waals surface area contributed by atoms with Gasteiger partial charge in [-0.2, -0.15) is 11.8 Å². The van der Waals surface area contributed by atoms with Crippen LogP contribution in [-0.4, -0.2) is 47.6 Å². The molecule has 1 aliphatic rings. The molecule has 0 aliphatic carbocycles. The molecular weight excluding hydrogens is 252 g/mol. The summed E-state index contributed by atoms with van der Waals surface area (Å²) < 4.78 is 0. The zero-order valence-corrected chi connectivity index (χ0v) is 11.8. The quantitative estimate of drug-likeness (QED) is 0.664. The van der Waals surface area contributed by atoms with Gasteiger partial charge in [0.05, 0.1) is 0 Å². The molecule has 0 aromatic rings. The molecule has 104 valence electrons. The predicted octanol–water partition coefficient (Wildman–Crippen LogP) is 0.697. The number of carboxylic acids is 1. The van der Waals surface area contributed by atoms with Gasteiger partial charge in [-0.1, -0.05) is 0 Å². The lowest BCUT2D eigenvalue weighted by atomic mass is 9.92. The van der Waals surface area contributed by atoms with E-state index < -0.39 is 12.0 Å². The van der Waals surface area contributed by atoms with Crippen LogP contribution in [-0.2, 0) is 9.59 Å². The van der Waals surface area contributed by atoms with Crippen LogP contribution in [0.5, 0.6) is 0 Å². The van der Waals surface area contributed by atoms with E-state index in [9.17, 15) is 9.59 Å². The lowest BCUT2D eigenvalue weighted by Crippen LogP contribution is -2.47. The molecule has 0 aromatic carbocycles. The van der Waals surface area contributed by atoms with Crippen LogP contribution in [0.1, 0.15) is 26.2 Å². The first-order valence-electron chi connectivity index (χ1n) is 6.30. The fourth-order valence-corrected chi connectivity index (χ4v) is 2.62. The molecule has 1 saturated heterocycles. The Morgan fingerprint density at radius 2 is 2.28 bits per heavy atom. The summed E-state index contributed by atoms with van der Waals surface area (Å²) in [6.45, 7) is 2.86. The van der Waals surface area contributed by atoms with Crippen molar-refractivity contribution < 1.29 is 14.7 Å². The van der Waals surface area contributed by atoms with Crippen LogP contribution < -0.4 is 10.6 Å². The molecule has 1 rings (SSSR count). The first-order chi connectivity index (χ1) is 8.54. The summed E-state index contributed by atoms with van der Waals surface area (Å²) in [6, 6.07) is -0.431. The standard InChI is InChI=1S/C12H22N2O3S/c1-8-7-9(3-5-13-8)11(15)14-10(12(16)17)4-6-18-2/h8-10,13H,3-7H2,1-2H3,(H,14,15)(H,16,17). The number of aliphatic carboxylic acids is 1. The number of amides is 1. The molecule has 1 fully saturated rings. The molecule has 3 unspecified atom stereocenters. The van der Waals surface area contributed by atoms with Crippen molar-refractivity contribution in [1.82, 2.24) is 10.6 Å². The van der Waals surface area contributed by atoms with E-state index in [1.54, 1.807) is 11.8 Å². The van der Waals surface area contributed by atoms with Gasteiger partial charge in [-0.05, 0) is 44.7 Å². The Labute approximate surface area is 112 Å². The van der Waals surface area contributed by atoms with Gasteiger partial charge in [-0.15, -0.1) is 0 Å². The predicted molar refractivity (Wildman–Crippen MR) is 72.8 cm³/mol. The number of carboxylic acid groups (broad SMARTS) is 1. The largest absolute Gasteiger partial charge is 0.480 e. The van der Waals surface area contributed by atoms with Crippen LogP contribution in [0.15, 0.2) is 0 Å². The van der Waals surface area contributed by atoms with E-state index in [2.05, 4.69) is 10.6 Å². The van der Waals surface area contributed by atoms with Crippen LogP contribution in [0.25, 0.3) is 0 Å². The van der Waals surface area contributed by atoms with E-state index in [1.165, 1.54) is 0 Å². The van der Waals surface area contributed by atoms with Crippen molar-refractivity contribution in [3.63, 3.8) is 0 Å². The number of hydrogen-bond acceptors (Lipinski definition) is 4. The SMILES string of the molecule is CSCCC(NC(=O)C1CCNC(C)C1)C(=O)O. The molecule has 6 heteroatoms. The van der Waals surface area contributed by atoms with Gasteiger partial charge in [-0.3, -0.25) is 4.79 Å². The fourth-order valence-electron chi connectivity index (χ4n) is 2.15. The number of nitrogens with one attached hydrogen (secondary N) is 2. The molecular formula is C12H22N2O3S. The average molecular weight is 274 g/mol. The van der Waals surface area contributed by atoms with Crippen molar-refractivity contribution in [3.8, 4) is 0 Å². The highest BCUT2D eigenvalue weighted by molar-refractivity contribution is 7.98. The maximum Gasteiger partial charge on any atom is 0.326 e. The highest BCUT2D eigenvalue weighted by Crippen LogP contribution is 2.16. The molecule has 1 amide bonds. The first kappa shape index (κ1) is 15.3. The van der Waals surface area contributed by atoms with E-state index in [4.69, 9.17) is 5.11 Å². The number of carbonyl (C=O) groups excluding carboxylic acids is 1. The Hall–Kier alpha value is -0.750. The fraction of sp³-hybridized carbons (Fsp3) is 0.833. The smallest absolute Gasteiger partial charge is 0.326 e. The van der Waals surface area contributed by atoms with Gasteiger partial charge < -0.3 is 15.7 Å². The third kappa shape index (κ3) is 4.86. The van der Waals surface area contributed by atoms with Crippen LogP contribution in [0.3, 0.4) is 0 Å². The van der Waals surface area contributed by atoms with Gasteiger partial charge in [0, 0.05) is 12.0 Å². The van der Waals surface area contributed by atoms with Gasteiger partial charge in [0.15, 0.2) is 0 Å². The van der Waals surface area contributed by atoms with Crippen molar-refractivity contribution in [2.75, 3.05) is 18.6 Å². The van der Waals surface area contributed by atoms with Crippen molar-refractivity contribution >= 4 is 23.6 Å². The van der Waals surface area contributed by atoms with E-state index in [0.717, 1.165) is 25.1 Å². The highest BCUT2D eigenvalue weighted by atomic mass is 32.2. The number of thioether (sulfide) groups is 1.